The predicted octanol–water partition coefficient (Wildman–Crippen LogP) is 3.20. The van der Waals surface area contributed by atoms with Crippen LogP contribution in [0.5, 0.6) is 0 Å². The number of carbonyl (C=O) groups excluding carboxylic acids is 2. The lowest BCUT2D eigenvalue weighted by molar-refractivity contribution is 0.0899. The number of aromatic amines is 1. The van der Waals surface area contributed by atoms with Crippen molar-refractivity contribution in [3.63, 3.8) is 0 Å². The van der Waals surface area contributed by atoms with Crippen LogP contribution in [0.25, 0.3) is 0 Å². The summed E-state index contributed by atoms with van der Waals surface area (Å²) in [6.07, 6.45) is 4.28. The SMILES string of the molecule is O=C(NC1CCN(C[C@@H]2CCOC2)CC1)c1[nH]ncc1NC(=O)c1c(Cl)cccc1Cl. The number of aromatic nitrogens is 2. The predicted molar refractivity (Wildman–Crippen MR) is 119 cm³/mol. The number of hydrogen-bond donors (Lipinski definition) is 3. The molecular formula is C21H25Cl2N5O3. The van der Waals surface area contributed by atoms with Gasteiger partial charge in [0.05, 0.1) is 34.1 Å². The Bertz CT molecular complexity index is 917. The molecule has 2 fully saturated rings. The third-order valence-corrected chi connectivity index (χ3v) is 6.40. The fourth-order valence-corrected chi connectivity index (χ4v) is 4.63. The molecule has 1 aromatic heterocycles. The highest BCUT2D eigenvalue weighted by Gasteiger charge is 2.26. The topological polar surface area (TPSA) is 99.3 Å². The second-order valence-electron chi connectivity index (χ2n) is 7.99. The summed E-state index contributed by atoms with van der Waals surface area (Å²) in [4.78, 5) is 27.9. The molecule has 0 bridgehead atoms. The Morgan fingerprint density at radius 1 is 1.16 bits per heavy atom. The zero-order valence-corrected chi connectivity index (χ0v) is 18.5. The van der Waals surface area contributed by atoms with Crippen LogP contribution in [-0.4, -0.2) is 65.8 Å². The average Bonchev–Trinajstić information content (AvgIpc) is 3.41. The molecule has 0 radical (unpaired) electrons. The van der Waals surface area contributed by atoms with Gasteiger partial charge in [-0.25, -0.2) is 0 Å². The standard InChI is InChI=1S/C21H25Cl2N5O3/c22-15-2-1-3-16(23)18(15)20(29)26-17-10-24-27-19(17)21(30)25-14-4-7-28(8-5-14)11-13-6-9-31-12-13/h1-3,10,13-14H,4-9,11-12H2,(H,24,27)(H,25,30)(H,26,29)/t13-/m0/s1. The van der Waals surface area contributed by atoms with E-state index in [-0.39, 0.29) is 38.9 Å². The van der Waals surface area contributed by atoms with Crippen molar-refractivity contribution < 1.29 is 14.3 Å². The number of anilines is 1. The molecule has 10 heteroatoms. The maximum absolute atomic E-state index is 12.8. The first kappa shape index (κ1) is 22.1. The van der Waals surface area contributed by atoms with Crippen LogP contribution in [0.3, 0.4) is 0 Å². The highest BCUT2D eigenvalue weighted by atomic mass is 35.5. The Kier molecular flexibility index (Phi) is 7.12. The molecule has 1 atom stereocenters. The Hall–Kier alpha value is -2.13. The summed E-state index contributed by atoms with van der Waals surface area (Å²) in [5.41, 5.74) is 0.623. The minimum absolute atomic E-state index is 0.0773. The van der Waals surface area contributed by atoms with E-state index >= 15 is 0 Å². The van der Waals surface area contributed by atoms with Crippen molar-refractivity contribution in [3.05, 3.63) is 45.7 Å². The maximum atomic E-state index is 12.8. The van der Waals surface area contributed by atoms with E-state index in [1.165, 1.54) is 6.20 Å². The summed E-state index contributed by atoms with van der Waals surface area (Å²) >= 11 is 12.2. The van der Waals surface area contributed by atoms with Crippen LogP contribution in [-0.2, 0) is 4.74 Å². The average molecular weight is 466 g/mol. The van der Waals surface area contributed by atoms with E-state index in [9.17, 15) is 9.59 Å². The highest BCUT2D eigenvalue weighted by molar-refractivity contribution is 6.40. The van der Waals surface area contributed by atoms with E-state index < -0.39 is 5.91 Å². The molecular weight excluding hydrogens is 441 g/mol. The fraction of sp³-hybridized carbons (Fsp3) is 0.476. The van der Waals surface area contributed by atoms with Crippen LogP contribution in [0.1, 0.15) is 40.1 Å². The normalized spacial score (nSPS) is 20.0. The van der Waals surface area contributed by atoms with Crippen molar-refractivity contribution in [2.75, 3.05) is 38.2 Å². The number of rotatable bonds is 6. The minimum Gasteiger partial charge on any atom is -0.381 e. The lowest BCUT2D eigenvalue weighted by atomic mass is 10.0. The van der Waals surface area contributed by atoms with Crippen molar-refractivity contribution in [1.82, 2.24) is 20.4 Å². The van der Waals surface area contributed by atoms with E-state index in [1.54, 1.807) is 18.2 Å². The van der Waals surface area contributed by atoms with Crippen LogP contribution >= 0.6 is 23.2 Å². The van der Waals surface area contributed by atoms with E-state index in [0.29, 0.717) is 5.92 Å². The Balaban J connectivity index is 1.32. The molecule has 0 saturated carbocycles. The van der Waals surface area contributed by atoms with E-state index in [4.69, 9.17) is 27.9 Å². The first-order chi connectivity index (χ1) is 15.0. The maximum Gasteiger partial charge on any atom is 0.271 e. The van der Waals surface area contributed by atoms with Gasteiger partial charge in [-0.1, -0.05) is 29.3 Å². The summed E-state index contributed by atoms with van der Waals surface area (Å²) in [7, 11) is 0. The smallest absolute Gasteiger partial charge is 0.271 e. The van der Waals surface area contributed by atoms with Gasteiger partial charge in [0.1, 0.15) is 5.69 Å². The second-order valence-corrected chi connectivity index (χ2v) is 8.80. The lowest BCUT2D eigenvalue weighted by Gasteiger charge is -2.33. The monoisotopic (exact) mass is 465 g/mol. The molecule has 0 aliphatic carbocycles. The molecule has 2 aromatic rings. The zero-order chi connectivity index (χ0) is 21.8. The van der Waals surface area contributed by atoms with Crippen LogP contribution in [0.15, 0.2) is 24.4 Å². The summed E-state index contributed by atoms with van der Waals surface area (Å²) in [6, 6.07) is 4.90. The highest BCUT2D eigenvalue weighted by Crippen LogP contribution is 2.26. The fourth-order valence-electron chi connectivity index (χ4n) is 4.06. The quantitative estimate of drug-likeness (QED) is 0.608. The number of nitrogens with zero attached hydrogens (tertiary/aromatic N) is 2. The largest absolute Gasteiger partial charge is 0.381 e. The molecule has 166 valence electrons. The van der Waals surface area contributed by atoms with Gasteiger partial charge in [0.25, 0.3) is 11.8 Å². The van der Waals surface area contributed by atoms with Crippen LogP contribution in [0.4, 0.5) is 5.69 Å². The minimum atomic E-state index is -0.504. The van der Waals surface area contributed by atoms with Crippen molar-refractivity contribution in [2.24, 2.45) is 5.92 Å². The van der Waals surface area contributed by atoms with Gasteiger partial charge in [-0.15, -0.1) is 0 Å². The van der Waals surface area contributed by atoms with E-state index in [0.717, 1.165) is 52.1 Å². The molecule has 0 spiro atoms. The molecule has 2 aliphatic heterocycles. The number of H-pyrrole nitrogens is 1. The molecule has 0 unspecified atom stereocenters. The number of hydrogen-bond acceptors (Lipinski definition) is 5. The number of benzene rings is 1. The number of amides is 2. The number of likely N-dealkylation sites (tertiary alicyclic amines) is 1. The van der Waals surface area contributed by atoms with Crippen LogP contribution in [0.2, 0.25) is 10.0 Å². The van der Waals surface area contributed by atoms with E-state index in [2.05, 4.69) is 25.7 Å². The molecule has 3 heterocycles. The molecule has 1 aromatic carbocycles. The van der Waals surface area contributed by atoms with Gasteiger partial charge in [-0.3, -0.25) is 14.7 Å². The van der Waals surface area contributed by atoms with Crippen molar-refractivity contribution >= 4 is 40.7 Å². The van der Waals surface area contributed by atoms with Gasteiger partial charge >= 0.3 is 0 Å². The molecule has 2 aliphatic rings. The van der Waals surface area contributed by atoms with E-state index in [1.807, 2.05) is 0 Å². The summed E-state index contributed by atoms with van der Waals surface area (Å²) < 4.78 is 5.46. The van der Waals surface area contributed by atoms with Crippen molar-refractivity contribution in [3.8, 4) is 0 Å². The van der Waals surface area contributed by atoms with Gasteiger partial charge < -0.3 is 20.3 Å². The second kappa shape index (κ2) is 9.99. The van der Waals surface area contributed by atoms with Crippen LogP contribution < -0.4 is 10.6 Å². The number of piperidine rings is 1. The van der Waals surface area contributed by atoms with Crippen molar-refractivity contribution in [2.45, 2.75) is 25.3 Å². The number of nitrogens with one attached hydrogen (secondary N) is 3. The summed E-state index contributed by atoms with van der Waals surface area (Å²) in [5.74, 6) is -0.190. The lowest BCUT2D eigenvalue weighted by Crippen LogP contribution is -2.46. The molecule has 4 rings (SSSR count). The number of carbonyl (C=O) groups is 2. The first-order valence-corrected chi connectivity index (χ1v) is 11.2. The third kappa shape index (κ3) is 5.38. The van der Waals surface area contributed by atoms with Gasteiger partial charge in [0.2, 0.25) is 0 Å². The Morgan fingerprint density at radius 2 is 1.90 bits per heavy atom. The first-order valence-electron chi connectivity index (χ1n) is 10.4. The van der Waals surface area contributed by atoms with Gasteiger partial charge in [-0.05, 0) is 37.3 Å². The third-order valence-electron chi connectivity index (χ3n) is 5.77. The molecule has 2 amide bonds. The van der Waals surface area contributed by atoms with Gasteiger partial charge in [-0.2, -0.15) is 5.10 Å². The molecule has 31 heavy (non-hydrogen) atoms. The molecule has 2 saturated heterocycles. The zero-order valence-electron chi connectivity index (χ0n) is 17.0. The summed E-state index contributed by atoms with van der Waals surface area (Å²) in [5, 5.41) is 12.8. The van der Waals surface area contributed by atoms with Crippen LogP contribution in [0, 0.1) is 5.92 Å². The molecule has 3 N–H and O–H groups in total. The Morgan fingerprint density at radius 3 is 2.58 bits per heavy atom. The van der Waals surface area contributed by atoms with Gasteiger partial charge in [0, 0.05) is 32.3 Å². The van der Waals surface area contributed by atoms with Gasteiger partial charge in [0.15, 0.2) is 0 Å². The number of halogens is 2. The Labute approximate surface area is 190 Å². The van der Waals surface area contributed by atoms with Crippen molar-refractivity contribution in [1.29, 1.82) is 0 Å². The molecule has 8 nitrogen and oxygen atoms in total. The number of ether oxygens (including phenoxy) is 1. The summed E-state index contributed by atoms with van der Waals surface area (Å²) in [6.45, 7) is 4.66.